The van der Waals surface area contributed by atoms with E-state index >= 15 is 0 Å². The summed E-state index contributed by atoms with van der Waals surface area (Å²) in [6.45, 7) is 2.85. The molecule has 1 saturated carbocycles. The highest BCUT2D eigenvalue weighted by Crippen LogP contribution is 2.54. The summed E-state index contributed by atoms with van der Waals surface area (Å²) in [6, 6.07) is 0. The van der Waals surface area contributed by atoms with Crippen LogP contribution in [0.15, 0.2) is 0 Å². The lowest BCUT2D eigenvalue weighted by atomic mass is 10.0. The van der Waals surface area contributed by atoms with Gasteiger partial charge in [-0.15, -0.1) is 10.2 Å². The summed E-state index contributed by atoms with van der Waals surface area (Å²) in [5, 5.41) is 14.2. The highest BCUT2D eigenvalue weighted by atomic mass is 15.5. The molecule has 0 aliphatic heterocycles. The Balaban J connectivity index is 2.01. The standard InChI is InChI=1S/C9H17N5/c1-2-3-4-7-5-9(7,6-10)8-11-13-14-12-8/h7H,2-6,10H2,1H3,(H,11,12,13,14). The van der Waals surface area contributed by atoms with E-state index in [2.05, 4.69) is 27.5 Å². The molecule has 0 radical (unpaired) electrons. The van der Waals surface area contributed by atoms with Gasteiger partial charge in [-0.2, -0.15) is 5.21 Å². The van der Waals surface area contributed by atoms with Gasteiger partial charge in [0.05, 0.1) is 0 Å². The third kappa shape index (κ3) is 1.41. The van der Waals surface area contributed by atoms with E-state index in [1.807, 2.05) is 0 Å². The monoisotopic (exact) mass is 195 g/mol. The molecule has 1 fully saturated rings. The second-order valence-corrected chi connectivity index (χ2v) is 4.14. The molecule has 2 unspecified atom stereocenters. The maximum Gasteiger partial charge on any atom is 0.182 e. The lowest BCUT2D eigenvalue weighted by Crippen LogP contribution is -2.24. The quantitative estimate of drug-likeness (QED) is 0.721. The highest BCUT2D eigenvalue weighted by Gasteiger charge is 2.56. The van der Waals surface area contributed by atoms with Crippen LogP contribution in [-0.2, 0) is 5.41 Å². The Morgan fingerprint density at radius 3 is 3.07 bits per heavy atom. The van der Waals surface area contributed by atoms with Crippen LogP contribution in [0.5, 0.6) is 0 Å². The molecule has 1 heterocycles. The zero-order valence-corrected chi connectivity index (χ0v) is 8.53. The third-order valence-electron chi connectivity index (χ3n) is 3.29. The lowest BCUT2D eigenvalue weighted by Gasteiger charge is -2.09. The molecule has 2 atom stereocenters. The van der Waals surface area contributed by atoms with Gasteiger partial charge in [-0.05, 0) is 18.8 Å². The molecule has 78 valence electrons. The van der Waals surface area contributed by atoms with Gasteiger partial charge in [0.15, 0.2) is 5.82 Å². The number of unbranched alkanes of at least 4 members (excludes halogenated alkanes) is 1. The van der Waals surface area contributed by atoms with Gasteiger partial charge in [0.2, 0.25) is 0 Å². The number of hydrogen-bond donors (Lipinski definition) is 2. The molecule has 14 heavy (non-hydrogen) atoms. The van der Waals surface area contributed by atoms with Crippen molar-refractivity contribution in [3.05, 3.63) is 5.82 Å². The van der Waals surface area contributed by atoms with Crippen molar-refractivity contribution in [2.24, 2.45) is 11.7 Å². The van der Waals surface area contributed by atoms with Gasteiger partial charge in [0.1, 0.15) is 0 Å². The molecule has 3 N–H and O–H groups in total. The van der Waals surface area contributed by atoms with Gasteiger partial charge in [-0.25, -0.2) is 0 Å². The van der Waals surface area contributed by atoms with E-state index in [4.69, 9.17) is 5.73 Å². The summed E-state index contributed by atoms with van der Waals surface area (Å²) in [6.07, 6.45) is 4.87. The first-order valence-corrected chi connectivity index (χ1v) is 5.27. The fourth-order valence-electron chi connectivity index (χ4n) is 2.20. The molecule has 1 aliphatic carbocycles. The Morgan fingerprint density at radius 1 is 1.64 bits per heavy atom. The molecule has 0 bridgehead atoms. The van der Waals surface area contributed by atoms with E-state index in [9.17, 15) is 0 Å². The smallest absolute Gasteiger partial charge is 0.182 e. The Bertz CT molecular complexity index is 283. The van der Waals surface area contributed by atoms with Gasteiger partial charge in [0.25, 0.3) is 0 Å². The molecule has 0 amide bonds. The Labute approximate surface area is 83.5 Å². The predicted octanol–water partition coefficient (Wildman–Crippen LogP) is 0.606. The minimum absolute atomic E-state index is 0.0438. The summed E-state index contributed by atoms with van der Waals surface area (Å²) >= 11 is 0. The Morgan fingerprint density at radius 2 is 2.50 bits per heavy atom. The van der Waals surface area contributed by atoms with Crippen LogP contribution in [-0.4, -0.2) is 27.2 Å². The number of tetrazole rings is 1. The van der Waals surface area contributed by atoms with Crippen molar-refractivity contribution >= 4 is 0 Å². The number of hydrogen-bond acceptors (Lipinski definition) is 4. The molecule has 0 spiro atoms. The number of aromatic amines is 1. The van der Waals surface area contributed by atoms with Gasteiger partial charge in [-0.1, -0.05) is 25.0 Å². The molecule has 0 saturated heterocycles. The minimum atomic E-state index is 0.0438. The van der Waals surface area contributed by atoms with E-state index < -0.39 is 0 Å². The largest absolute Gasteiger partial charge is 0.329 e. The molecule has 1 aliphatic rings. The molecular weight excluding hydrogens is 178 g/mol. The molecule has 0 aromatic carbocycles. The van der Waals surface area contributed by atoms with Gasteiger partial charge in [-0.3, -0.25) is 0 Å². The Kier molecular flexibility index (Phi) is 2.50. The van der Waals surface area contributed by atoms with Crippen LogP contribution < -0.4 is 5.73 Å². The molecule has 1 aromatic heterocycles. The van der Waals surface area contributed by atoms with E-state index in [0.717, 1.165) is 12.2 Å². The molecule has 1 aromatic rings. The number of nitrogens with zero attached hydrogens (tertiary/aromatic N) is 3. The number of nitrogens with one attached hydrogen (secondary N) is 1. The summed E-state index contributed by atoms with van der Waals surface area (Å²) < 4.78 is 0. The first kappa shape index (κ1) is 9.58. The van der Waals surface area contributed by atoms with Crippen molar-refractivity contribution in [3.63, 3.8) is 0 Å². The van der Waals surface area contributed by atoms with E-state index in [1.165, 1.54) is 19.3 Å². The zero-order chi connectivity index (χ0) is 10.0. The number of rotatable bonds is 5. The molecular formula is C9H17N5. The van der Waals surface area contributed by atoms with Gasteiger partial charge >= 0.3 is 0 Å². The summed E-state index contributed by atoms with van der Waals surface area (Å²) in [7, 11) is 0. The molecule has 5 heteroatoms. The maximum absolute atomic E-state index is 5.80. The van der Waals surface area contributed by atoms with Crippen molar-refractivity contribution in [3.8, 4) is 0 Å². The van der Waals surface area contributed by atoms with Crippen LogP contribution in [0.2, 0.25) is 0 Å². The second kappa shape index (κ2) is 3.65. The Hall–Kier alpha value is -0.970. The van der Waals surface area contributed by atoms with Crippen LogP contribution in [0.25, 0.3) is 0 Å². The summed E-state index contributed by atoms with van der Waals surface area (Å²) in [5.74, 6) is 1.48. The van der Waals surface area contributed by atoms with E-state index in [-0.39, 0.29) is 5.41 Å². The maximum atomic E-state index is 5.80. The number of H-pyrrole nitrogens is 1. The topological polar surface area (TPSA) is 80.5 Å². The first-order chi connectivity index (χ1) is 6.83. The van der Waals surface area contributed by atoms with E-state index in [0.29, 0.717) is 12.5 Å². The van der Waals surface area contributed by atoms with Crippen molar-refractivity contribution in [1.29, 1.82) is 0 Å². The predicted molar refractivity (Wildman–Crippen MR) is 52.5 cm³/mol. The number of nitrogens with two attached hydrogens (primary N) is 1. The first-order valence-electron chi connectivity index (χ1n) is 5.27. The minimum Gasteiger partial charge on any atom is -0.329 e. The number of aromatic nitrogens is 4. The fraction of sp³-hybridized carbons (Fsp3) is 0.889. The average Bonchev–Trinajstić information content (AvgIpc) is 2.66. The van der Waals surface area contributed by atoms with Crippen molar-refractivity contribution in [2.75, 3.05) is 6.54 Å². The molecule has 2 rings (SSSR count). The van der Waals surface area contributed by atoms with Crippen LogP contribution in [0.1, 0.15) is 38.4 Å². The summed E-state index contributed by atoms with van der Waals surface area (Å²) in [4.78, 5) is 0. The van der Waals surface area contributed by atoms with Crippen molar-refractivity contribution in [2.45, 2.75) is 38.0 Å². The van der Waals surface area contributed by atoms with Crippen molar-refractivity contribution in [1.82, 2.24) is 20.6 Å². The van der Waals surface area contributed by atoms with Crippen LogP contribution in [0.4, 0.5) is 0 Å². The van der Waals surface area contributed by atoms with Crippen LogP contribution in [0.3, 0.4) is 0 Å². The SMILES string of the molecule is CCCCC1CC1(CN)c1nn[nH]n1. The van der Waals surface area contributed by atoms with Crippen LogP contribution in [0, 0.1) is 5.92 Å². The summed E-state index contributed by atoms with van der Waals surface area (Å²) in [5.41, 5.74) is 5.84. The van der Waals surface area contributed by atoms with E-state index in [1.54, 1.807) is 0 Å². The highest BCUT2D eigenvalue weighted by molar-refractivity contribution is 5.21. The molecule has 5 nitrogen and oxygen atoms in total. The second-order valence-electron chi connectivity index (χ2n) is 4.14. The third-order valence-corrected chi connectivity index (χ3v) is 3.29. The lowest BCUT2D eigenvalue weighted by molar-refractivity contribution is 0.533. The normalized spacial score (nSPS) is 30.6. The fourth-order valence-corrected chi connectivity index (χ4v) is 2.20. The van der Waals surface area contributed by atoms with Crippen LogP contribution >= 0.6 is 0 Å². The zero-order valence-electron chi connectivity index (χ0n) is 8.53. The van der Waals surface area contributed by atoms with Gasteiger partial charge < -0.3 is 5.73 Å². The van der Waals surface area contributed by atoms with Gasteiger partial charge in [0, 0.05) is 12.0 Å². The average molecular weight is 195 g/mol. The van der Waals surface area contributed by atoms with Crippen molar-refractivity contribution < 1.29 is 0 Å².